The maximum atomic E-state index is 10.6. The molecule has 0 aliphatic carbocycles. The van der Waals surface area contributed by atoms with Gasteiger partial charge in [-0.05, 0) is 32.4 Å². The molecule has 0 saturated carbocycles. The van der Waals surface area contributed by atoms with Crippen LogP contribution < -0.4 is 5.32 Å². The van der Waals surface area contributed by atoms with Crippen LogP contribution in [-0.2, 0) is 4.79 Å². The van der Waals surface area contributed by atoms with Crippen LogP contribution in [0.3, 0.4) is 0 Å². The number of nitrogens with zero attached hydrogens (tertiary/aromatic N) is 2. The normalized spacial score (nSPS) is 16.9. The van der Waals surface area contributed by atoms with Gasteiger partial charge in [0.1, 0.15) is 0 Å². The van der Waals surface area contributed by atoms with E-state index >= 15 is 0 Å². The number of hydrogen-bond acceptors (Lipinski definition) is 4. The van der Waals surface area contributed by atoms with Gasteiger partial charge >= 0.3 is 12.1 Å². The monoisotopic (exact) mass is 353 g/mol. The van der Waals surface area contributed by atoms with Crippen molar-refractivity contribution in [2.24, 2.45) is 0 Å². The minimum atomic E-state index is -5.08. The van der Waals surface area contributed by atoms with Crippen LogP contribution in [0.2, 0.25) is 0 Å². The number of hydrogen-bond donors (Lipinski definition) is 2. The van der Waals surface area contributed by atoms with Gasteiger partial charge in [0.15, 0.2) is 0 Å². The van der Waals surface area contributed by atoms with Crippen molar-refractivity contribution in [1.29, 1.82) is 0 Å². The lowest BCUT2D eigenvalue weighted by molar-refractivity contribution is -0.192. The molecule has 25 heavy (non-hydrogen) atoms. The molecule has 0 bridgehead atoms. The molecule has 2 N–H and O–H groups in total. The minimum Gasteiger partial charge on any atom is -0.475 e. The summed E-state index contributed by atoms with van der Waals surface area (Å²) >= 11 is 0. The molecule has 134 valence electrons. The zero-order chi connectivity index (χ0) is 18.4. The Morgan fingerprint density at radius 2 is 2.00 bits per heavy atom. The van der Waals surface area contributed by atoms with Crippen molar-refractivity contribution in [3.05, 3.63) is 47.9 Å². The van der Waals surface area contributed by atoms with Gasteiger partial charge < -0.3 is 10.4 Å². The van der Waals surface area contributed by atoms with Gasteiger partial charge in [-0.3, -0.25) is 9.97 Å². The van der Waals surface area contributed by atoms with Crippen molar-refractivity contribution in [3.63, 3.8) is 0 Å². The van der Waals surface area contributed by atoms with Gasteiger partial charge in [0.2, 0.25) is 0 Å². The van der Waals surface area contributed by atoms with Gasteiger partial charge in [0.25, 0.3) is 0 Å². The zero-order valence-electron chi connectivity index (χ0n) is 13.5. The van der Waals surface area contributed by atoms with E-state index in [2.05, 4.69) is 46.5 Å². The molecular formula is C17H18F3N3O2. The molecule has 0 radical (unpaired) electrons. The molecular weight excluding hydrogens is 335 g/mol. The summed E-state index contributed by atoms with van der Waals surface area (Å²) < 4.78 is 31.7. The van der Waals surface area contributed by atoms with Crippen LogP contribution in [0.15, 0.2) is 36.7 Å². The second-order valence-electron chi connectivity index (χ2n) is 5.65. The van der Waals surface area contributed by atoms with E-state index in [0.29, 0.717) is 6.04 Å². The Labute approximate surface area is 142 Å². The Hall–Kier alpha value is -2.48. The molecule has 1 atom stereocenters. The van der Waals surface area contributed by atoms with Crippen molar-refractivity contribution >= 4 is 5.97 Å². The second kappa shape index (κ2) is 8.06. The molecule has 1 fully saturated rings. The average molecular weight is 353 g/mol. The Bertz CT molecular complexity index is 712. The number of aromatic nitrogens is 2. The number of carboxylic acid groups (broad SMARTS) is 1. The first-order valence-electron chi connectivity index (χ1n) is 7.70. The smallest absolute Gasteiger partial charge is 0.475 e. The molecule has 2 aromatic rings. The molecule has 3 rings (SSSR count). The number of carboxylic acids is 1. The third kappa shape index (κ3) is 5.53. The number of rotatable bonds is 2. The highest BCUT2D eigenvalue weighted by Crippen LogP contribution is 2.22. The summed E-state index contributed by atoms with van der Waals surface area (Å²) in [6.07, 6.45) is 1.09. The molecule has 0 amide bonds. The molecule has 1 aromatic heterocycles. The lowest BCUT2D eigenvalue weighted by atomic mass is 10.1. The Morgan fingerprint density at radius 3 is 2.48 bits per heavy atom. The van der Waals surface area contributed by atoms with Crippen LogP contribution >= 0.6 is 0 Å². The maximum Gasteiger partial charge on any atom is 0.490 e. The van der Waals surface area contributed by atoms with Crippen molar-refractivity contribution in [2.75, 3.05) is 6.54 Å². The van der Waals surface area contributed by atoms with Crippen LogP contribution in [0.5, 0.6) is 0 Å². The Morgan fingerprint density at radius 1 is 1.28 bits per heavy atom. The lowest BCUT2D eigenvalue weighted by Crippen LogP contribution is -2.21. The molecule has 2 heterocycles. The SMILES string of the molecule is Cc1cccc(-c2cnc(C3CCCN3)cn2)c1.O=C(O)C(F)(F)F. The van der Waals surface area contributed by atoms with Crippen LogP contribution in [-0.4, -0.2) is 33.8 Å². The highest BCUT2D eigenvalue weighted by atomic mass is 19.4. The highest BCUT2D eigenvalue weighted by molar-refractivity contribution is 5.73. The predicted molar refractivity (Wildman–Crippen MR) is 85.9 cm³/mol. The topological polar surface area (TPSA) is 75.1 Å². The fraction of sp³-hybridized carbons (Fsp3) is 0.353. The summed E-state index contributed by atoms with van der Waals surface area (Å²) in [5.74, 6) is -2.76. The number of aryl methyl sites for hydroxylation is 1. The molecule has 1 unspecified atom stereocenters. The first-order chi connectivity index (χ1) is 11.8. The van der Waals surface area contributed by atoms with Crippen molar-refractivity contribution in [2.45, 2.75) is 32.0 Å². The van der Waals surface area contributed by atoms with Gasteiger partial charge in [-0.25, -0.2) is 4.79 Å². The largest absolute Gasteiger partial charge is 0.490 e. The first-order valence-corrected chi connectivity index (χ1v) is 7.70. The van der Waals surface area contributed by atoms with E-state index in [-0.39, 0.29) is 0 Å². The van der Waals surface area contributed by atoms with Gasteiger partial charge in [0, 0.05) is 5.56 Å². The van der Waals surface area contributed by atoms with E-state index in [0.717, 1.165) is 23.5 Å². The van der Waals surface area contributed by atoms with Gasteiger partial charge in [-0.1, -0.05) is 23.8 Å². The molecule has 1 saturated heterocycles. The summed E-state index contributed by atoms with van der Waals surface area (Å²) in [7, 11) is 0. The van der Waals surface area contributed by atoms with Gasteiger partial charge in [0.05, 0.1) is 29.8 Å². The van der Waals surface area contributed by atoms with E-state index in [1.54, 1.807) is 0 Å². The quantitative estimate of drug-likeness (QED) is 0.864. The number of benzene rings is 1. The van der Waals surface area contributed by atoms with Gasteiger partial charge in [-0.15, -0.1) is 0 Å². The molecule has 1 aliphatic rings. The van der Waals surface area contributed by atoms with Gasteiger partial charge in [-0.2, -0.15) is 13.2 Å². The maximum absolute atomic E-state index is 10.6. The van der Waals surface area contributed by atoms with Crippen LogP contribution in [0.25, 0.3) is 11.3 Å². The minimum absolute atomic E-state index is 0.393. The highest BCUT2D eigenvalue weighted by Gasteiger charge is 2.38. The molecule has 1 aromatic carbocycles. The zero-order valence-corrected chi connectivity index (χ0v) is 13.5. The standard InChI is InChI=1S/C15H17N3.C2HF3O2/c1-11-4-2-5-12(8-11)14-9-18-15(10-17-14)13-6-3-7-16-13;3-2(4,5)1(6)7/h2,4-5,8-10,13,16H,3,6-7H2,1H3;(H,6,7). The number of alkyl halides is 3. The van der Waals surface area contributed by atoms with Crippen LogP contribution in [0.4, 0.5) is 13.2 Å². The number of carbonyl (C=O) groups is 1. The van der Waals surface area contributed by atoms with E-state index in [4.69, 9.17) is 9.90 Å². The first kappa shape index (κ1) is 18.9. The van der Waals surface area contributed by atoms with Crippen molar-refractivity contribution in [3.8, 4) is 11.3 Å². The molecule has 8 heteroatoms. The van der Waals surface area contributed by atoms with Crippen molar-refractivity contribution < 1.29 is 23.1 Å². The Balaban J connectivity index is 0.000000277. The summed E-state index contributed by atoms with van der Waals surface area (Å²) in [4.78, 5) is 18.0. The third-order valence-electron chi connectivity index (χ3n) is 3.65. The summed E-state index contributed by atoms with van der Waals surface area (Å²) in [5, 5.41) is 10.6. The summed E-state index contributed by atoms with van der Waals surface area (Å²) in [5.41, 5.74) is 4.38. The number of aliphatic carboxylic acids is 1. The summed E-state index contributed by atoms with van der Waals surface area (Å²) in [6, 6.07) is 8.75. The fourth-order valence-electron chi connectivity index (χ4n) is 2.41. The predicted octanol–water partition coefficient (Wildman–Crippen LogP) is 3.51. The third-order valence-corrected chi connectivity index (χ3v) is 3.65. The van der Waals surface area contributed by atoms with E-state index < -0.39 is 12.1 Å². The van der Waals surface area contributed by atoms with E-state index in [1.165, 1.54) is 18.4 Å². The van der Waals surface area contributed by atoms with E-state index in [1.807, 2.05) is 12.4 Å². The van der Waals surface area contributed by atoms with E-state index in [9.17, 15) is 13.2 Å². The molecule has 1 aliphatic heterocycles. The Kier molecular flexibility index (Phi) is 6.08. The summed E-state index contributed by atoms with van der Waals surface area (Å²) in [6.45, 7) is 3.18. The molecule has 5 nitrogen and oxygen atoms in total. The average Bonchev–Trinajstić information content (AvgIpc) is 3.09. The number of nitrogens with one attached hydrogen (secondary N) is 1. The van der Waals surface area contributed by atoms with Crippen LogP contribution in [0, 0.1) is 6.92 Å². The fourth-order valence-corrected chi connectivity index (χ4v) is 2.41. The molecule has 0 spiro atoms. The second-order valence-corrected chi connectivity index (χ2v) is 5.65. The van der Waals surface area contributed by atoms with Crippen molar-refractivity contribution in [1.82, 2.24) is 15.3 Å². The number of halogens is 3. The van der Waals surface area contributed by atoms with Crippen LogP contribution in [0.1, 0.15) is 30.1 Å². The lowest BCUT2D eigenvalue weighted by Gasteiger charge is -2.09.